The number of pyridine rings is 1. The molecule has 0 radical (unpaired) electrons. The molecular formula is C18H14F4N4OS. The normalized spacial score (nSPS) is 15.3. The first-order valence-electron chi connectivity index (χ1n) is 8.46. The molecule has 1 aromatic carbocycles. The van der Waals surface area contributed by atoms with Crippen LogP contribution in [0.4, 0.5) is 22.7 Å². The predicted octanol–water partition coefficient (Wildman–Crippen LogP) is 3.81. The first kappa shape index (κ1) is 18.6. The Morgan fingerprint density at radius 2 is 1.79 bits per heavy atom. The van der Waals surface area contributed by atoms with Crippen LogP contribution in [0.5, 0.6) is 0 Å². The molecule has 3 aromatic rings. The van der Waals surface area contributed by atoms with Crippen LogP contribution < -0.4 is 4.90 Å². The summed E-state index contributed by atoms with van der Waals surface area (Å²) in [4.78, 5) is 23.9. The van der Waals surface area contributed by atoms with Crippen molar-refractivity contribution in [1.29, 1.82) is 0 Å². The third-order valence-corrected chi connectivity index (χ3v) is 5.51. The molecule has 10 heteroatoms. The molecule has 1 saturated heterocycles. The van der Waals surface area contributed by atoms with Crippen molar-refractivity contribution in [1.82, 2.24) is 14.9 Å². The van der Waals surface area contributed by atoms with Gasteiger partial charge in [-0.25, -0.2) is 14.4 Å². The van der Waals surface area contributed by atoms with E-state index in [9.17, 15) is 22.4 Å². The Bertz CT molecular complexity index is 1030. The van der Waals surface area contributed by atoms with Gasteiger partial charge in [-0.3, -0.25) is 4.79 Å². The van der Waals surface area contributed by atoms with E-state index in [0.717, 1.165) is 15.9 Å². The average Bonchev–Trinajstić information content (AvgIpc) is 3.10. The SMILES string of the molecule is O=C(c1cccc(C(F)(F)F)n1)N1CCN(c2nc3ccc(F)cc3s2)CC1. The van der Waals surface area contributed by atoms with Crippen molar-refractivity contribution in [2.45, 2.75) is 6.18 Å². The maximum Gasteiger partial charge on any atom is 0.433 e. The fourth-order valence-electron chi connectivity index (χ4n) is 3.00. The van der Waals surface area contributed by atoms with Gasteiger partial charge in [0.15, 0.2) is 5.13 Å². The Balaban J connectivity index is 1.45. The fraction of sp³-hybridized carbons (Fsp3) is 0.278. The van der Waals surface area contributed by atoms with Gasteiger partial charge in [-0.1, -0.05) is 17.4 Å². The van der Waals surface area contributed by atoms with Crippen molar-refractivity contribution < 1.29 is 22.4 Å². The van der Waals surface area contributed by atoms with E-state index in [1.807, 2.05) is 4.90 Å². The minimum atomic E-state index is -4.60. The van der Waals surface area contributed by atoms with E-state index in [1.165, 1.54) is 40.5 Å². The smallest absolute Gasteiger partial charge is 0.345 e. The van der Waals surface area contributed by atoms with Gasteiger partial charge in [0.25, 0.3) is 5.91 Å². The minimum Gasteiger partial charge on any atom is -0.345 e. The van der Waals surface area contributed by atoms with E-state index in [2.05, 4.69) is 9.97 Å². The van der Waals surface area contributed by atoms with E-state index in [4.69, 9.17) is 0 Å². The highest BCUT2D eigenvalue weighted by molar-refractivity contribution is 7.22. The summed E-state index contributed by atoms with van der Waals surface area (Å²) >= 11 is 1.36. The number of amides is 1. The van der Waals surface area contributed by atoms with Crippen LogP contribution in [0.1, 0.15) is 16.2 Å². The molecule has 1 aliphatic rings. The van der Waals surface area contributed by atoms with Gasteiger partial charge < -0.3 is 9.80 Å². The number of thiazole rings is 1. The zero-order valence-electron chi connectivity index (χ0n) is 14.4. The molecule has 0 unspecified atom stereocenters. The summed E-state index contributed by atoms with van der Waals surface area (Å²) in [7, 11) is 0. The van der Waals surface area contributed by atoms with E-state index < -0.39 is 17.8 Å². The van der Waals surface area contributed by atoms with Gasteiger partial charge in [-0.2, -0.15) is 13.2 Å². The quantitative estimate of drug-likeness (QED) is 0.603. The summed E-state index contributed by atoms with van der Waals surface area (Å²) in [5.74, 6) is -0.858. The largest absolute Gasteiger partial charge is 0.433 e. The summed E-state index contributed by atoms with van der Waals surface area (Å²) in [6.07, 6.45) is -4.60. The minimum absolute atomic E-state index is 0.223. The van der Waals surface area contributed by atoms with Crippen molar-refractivity contribution in [2.75, 3.05) is 31.1 Å². The molecule has 0 bridgehead atoms. The highest BCUT2D eigenvalue weighted by Crippen LogP contribution is 2.30. The van der Waals surface area contributed by atoms with E-state index in [1.54, 1.807) is 6.07 Å². The van der Waals surface area contributed by atoms with Crippen LogP contribution >= 0.6 is 11.3 Å². The molecule has 4 rings (SSSR count). The maximum atomic E-state index is 13.3. The van der Waals surface area contributed by atoms with Crippen molar-refractivity contribution in [3.05, 3.63) is 53.6 Å². The highest BCUT2D eigenvalue weighted by Gasteiger charge is 2.33. The lowest BCUT2D eigenvalue weighted by atomic mass is 10.2. The summed E-state index contributed by atoms with van der Waals surface area (Å²) in [6, 6.07) is 7.69. The van der Waals surface area contributed by atoms with Gasteiger partial charge in [0.05, 0.1) is 10.2 Å². The molecular weight excluding hydrogens is 396 g/mol. The van der Waals surface area contributed by atoms with Gasteiger partial charge in [0, 0.05) is 26.2 Å². The van der Waals surface area contributed by atoms with Crippen molar-refractivity contribution in [2.24, 2.45) is 0 Å². The molecule has 1 amide bonds. The highest BCUT2D eigenvalue weighted by atomic mass is 32.1. The van der Waals surface area contributed by atoms with Crippen LogP contribution in [0, 0.1) is 5.82 Å². The number of hydrogen-bond donors (Lipinski definition) is 0. The molecule has 0 saturated carbocycles. The number of carbonyl (C=O) groups is 1. The summed E-state index contributed by atoms with van der Waals surface area (Å²) < 4.78 is 52.5. The van der Waals surface area contributed by atoms with Crippen LogP contribution in [0.25, 0.3) is 10.2 Å². The maximum absolute atomic E-state index is 13.3. The van der Waals surface area contributed by atoms with Gasteiger partial charge in [-0.15, -0.1) is 0 Å². The van der Waals surface area contributed by atoms with Crippen molar-refractivity contribution >= 4 is 32.6 Å². The zero-order chi connectivity index (χ0) is 19.9. The molecule has 0 atom stereocenters. The molecule has 0 spiro atoms. The lowest BCUT2D eigenvalue weighted by Crippen LogP contribution is -2.49. The average molecular weight is 410 g/mol. The van der Waals surface area contributed by atoms with E-state index in [0.29, 0.717) is 31.7 Å². The van der Waals surface area contributed by atoms with Crippen LogP contribution in [-0.4, -0.2) is 47.0 Å². The Hall–Kier alpha value is -2.75. The molecule has 3 heterocycles. The van der Waals surface area contributed by atoms with Crippen LogP contribution in [-0.2, 0) is 6.18 Å². The Morgan fingerprint density at radius 1 is 1.04 bits per heavy atom. The Morgan fingerprint density at radius 3 is 2.50 bits per heavy atom. The number of carbonyl (C=O) groups excluding carboxylic acids is 1. The molecule has 2 aromatic heterocycles. The van der Waals surface area contributed by atoms with Crippen LogP contribution in [0.2, 0.25) is 0 Å². The number of hydrogen-bond acceptors (Lipinski definition) is 5. The predicted molar refractivity (Wildman–Crippen MR) is 96.9 cm³/mol. The molecule has 5 nitrogen and oxygen atoms in total. The summed E-state index contributed by atoms with van der Waals surface area (Å²) in [5, 5.41) is 0.727. The molecule has 28 heavy (non-hydrogen) atoms. The molecule has 1 aliphatic heterocycles. The standard InChI is InChI=1S/C18H14F4N4OS/c19-11-4-5-12-14(10-11)28-17(24-12)26-8-6-25(7-9-26)16(27)13-2-1-3-15(23-13)18(20,21)22/h1-5,10H,6-9H2. The summed E-state index contributed by atoms with van der Waals surface area (Å²) in [5.41, 5.74) is -0.606. The summed E-state index contributed by atoms with van der Waals surface area (Å²) in [6.45, 7) is 1.63. The van der Waals surface area contributed by atoms with E-state index in [-0.39, 0.29) is 11.5 Å². The number of fused-ring (bicyclic) bond motifs is 1. The van der Waals surface area contributed by atoms with Gasteiger partial charge in [-0.05, 0) is 30.3 Å². The first-order chi connectivity index (χ1) is 13.3. The second-order valence-corrected chi connectivity index (χ2v) is 7.30. The lowest BCUT2D eigenvalue weighted by Gasteiger charge is -2.34. The lowest BCUT2D eigenvalue weighted by molar-refractivity contribution is -0.141. The zero-order valence-corrected chi connectivity index (χ0v) is 15.2. The monoisotopic (exact) mass is 410 g/mol. The topological polar surface area (TPSA) is 49.3 Å². The number of anilines is 1. The third kappa shape index (κ3) is 3.64. The molecule has 1 fully saturated rings. The molecule has 0 N–H and O–H groups in total. The van der Waals surface area contributed by atoms with Gasteiger partial charge >= 0.3 is 6.18 Å². The number of aromatic nitrogens is 2. The fourth-order valence-corrected chi connectivity index (χ4v) is 4.04. The third-order valence-electron chi connectivity index (χ3n) is 4.44. The second-order valence-electron chi connectivity index (χ2n) is 6.29. The number of benzene rings is 1. The number of halogens is 4. The Labute approximate surface area is 161 Å². The first-order valence-corrected chi connectivity index (χ1v) is 9.27. The van der Waals surface area contributed by atoms with Gasteiger partial charge in [0.2, 0.25) is 0 Å². The van der Waals surface area contributed by atoms with Crippen LogP contribution in [0.3, 0.4) is 0 Å². The number of piperazine rings is 1. The second kappa shape index (κ2) is 7.01. The van der Waals surface area contributed by atoms with Crippen molar-refractivity contribution in [3.63, 3.8) is 0 Å². The van der Waals surface area contributed by atoms with Crippen LogP contribution in [0.15, 0.2) is 36.4 Å². The molecule has 0 aliphatic carbocycles. The Kier molecular flexibility index (Phi) is 4.66. The van der Waals surface area contributed by atoms with E-state index >= 15 is 0 Å². The number of nitrogens with zero attached hydrogens (tertiary/aromatic N) is 4. The number of rotatable bonds is 2. The molecule has 146 valence electrons. The van der Waals surface area contributed by atoms with Gasteiger partial charge in [0.1, 0.15) is 17.2 Å². The number of alkyl halides is 3. The van der Waals surface area contributed by atoms with Crippen molar-refractivity contribution in [3.8, 4) is 0 Å².